The Morgan fingerprint density at radius 1 is 1.31 bits per heavy atom. The molecule has 1 aliphatic heterocycles. The Balaban J connectivity index is 2.35. The van der Waals surface area contributed by atoms with Crippen LogP contribution in [0.4, 0.5) is 8.78 Å². The van der Waals surface area contributed by atoms with Crippen molar-refractivity contribution in [3.05, 3.63) is 33.8 Å². The standard InChI is InChI=1S/C11H9BrF2O2/c12-6-3-8(13)11(9(14)4-6)10-5-7(15)1-2-16-10/h3-4,10H,1-2,5H2. The Kier molecular flexibility index (Phi) is 3.35. The van der Waals surface area contributed by atoms with Crippen LogP contribution >= 0.6 is 15.9 Å². The maximum absolute atomic E-state index is 13.6. The molecule has 0 N–H and O–H groups in total. The Hall–Kier alpha value is -0.810. The summed E-state index contributed by atoms with van der Waals surface area (Å²) < 4.78 is 32.7. The first kappa shape index (κ1) is 11.7. The lowest BCUT2D eigenvalue weighted by atomic mass is 9.99. The monoisotopic (exact) mass is 290 g/mol. The molecule has 86 valence electrons. The molecule has 1 unspecified atom stereocenters. The molecule has 1 fully saturated rings. The van der Waals surface area contributed by atoms with E-state index in [9.17, 15) is 13.6 Å². The van der Waals surface area contributed by atoms with Crippen LogP contribution in [0.25, 0.3) is 0 Å². The first-order chi connectivity index (χ1) is 7.58. The molecule has 0 aliphatic carbocycles. The topological polar surface area (TPSA) is 26.3 Å². The maximum atomic E-state index is 13.6. The molecule has 0 spiro atoms. The summed E-state index contributed by atoms with van der Waals surface area (Å²) in [6.45, 7) is 0.221. The molecule has 1 aliphatic rings. The van der Waals surface area contributed by atoms with Crippen molar-refractivity contribution in [3.63, 3.8) is 0 Å². The van der Waals surface area contributed by atoms with Crippen molar-refractivity contribution in [1.29, 1.82) is 0 Å². The van der Waals surface area contributed by atoms with Crippen LogP contribution in [0, 0.1) is 11.6 Å². The highest BCUT2D eigenvalue weighted by atomic mass is 79.9. The summed E-state index contributed by atoms with van der Waals surface area (Å²) in [5.74, 6) is -1.41. The van der Waals surface area contributed by atoms with Crippen LogP contribution in [0.1, 0.15) is 24.5 Å². The second kappa shape index (κ2) is 4.59. The number of hydrogen-bond donors (Lipinski definition) is 0. The molecule has 5 heteroatoms. The lowest BCUT2D eigenvalue weighted by Gasteiger charge is -2.23. The third-order valence-corrected chi connectivity index (χ3v) is 2.94. The van der Waals surface area contributed by atoms with Crippen LogP contribution in [-0.2, 0) is 9.53 Å². The van der Waals surface area contributed by atoms with Crippen molar-refractivity contribution >= 4 is 21.7 Å². The van der Waals surface area contributed by atoms with Gasteiger partial charge in [-0.1, -0.05) is 15.9 Å². The van der Waals surface area contributed by atoms with E-state index < -0.39 is 17.7 Å². The maximum Gasteiger partial charge on any atom is 0.138 e. The number of carbonyl (C=O) groups excluding carboxylic acids is 1. The molecule has 0 amide bonds. The van der Waals surface area contributed by atoms with Crippen molar-refractivity contribution in [2.75, 3.05) is 6.61 Å². The van der Waals surface area contributed by atoms with Gasteiger partial charge in [-0.25, -0.2) is 8.78 Å². The van der Waals surface area contributed by atoms with Crippen molar-refractivity contribution in [3.8, 4) is 0 Å². The molecule has 0 saturated carbocycles. The van der Waals surface area contributed by atoms with E-state index >= 15 is 0 Å². The molecule has 2 rings (SSSR count). The van der Waals surface area contributed by atoms with Crippen LogP contribution in [-0.4, -0.2) is 12.4 Å². The third-order valence-electron chi connectivity index (χ3n) is 2.48. The fraction of sp³-hybridized carbons (Fsp3) is 0.364. The summed E-state index contributed by atoms with van der Waals surface area (Å²) in [6.07, 6.45) is -0.444. The molecular formula is C11H9BrF2O2. The van der Waals surface area contributed by atoms with Crippen LogP contribution < -0.4 is 0 Å². The fourth-order valence-corrected chi connectivity index (χ4v) is 2.13. The van der Waals surface area contributed by atoms with Gasteiger partial charge in [0.05, 0.1) is 18.3 Å². The molecule has 2 nitrogen and oxygen atoms in total. The molecule has 16 heavy (non-hydrogen) atoms. The number of ether oxygens (including phenoxy) is 1. The minimum atomic E-state index is -0.797. The SMILES string of the molecule is O=C1CCOC(c2c(F)cc(Br)cc2F)C1. The molecule has 1 aromatic carbocycles. The molecule has 1 saturated heterocycles. The minimum absolute atomic E-state index is 0.0297. The molecule has 0 bridgehead atoms. The zero-order valence-electron chi connectivity index (χ0n) is 8.30. The minimum Gasteiger partial charge on any atom is -0.372 e. The van der Waals surface area contributed by atoms with Crippen molar-refractivity contribution in [1.82, 2.24) is 0 Å². The van der Waals surface area contributed by atoms with E-state index in [2.05, 4.69) is 15.9 Å². The number of carbonyl (C=O) groups is 1. The zero-order valence-corrected chi connectivity index (χ0v) is 9.89. The molecule has 0 aromatic heterocycles. The highest BCUT2D eigenvalue weighted by molar-refractivity contribution is 9.10. The number of hydrogen-bond acceptors (Lipinski definition) is 2. The highest BCUT2D eigenvalue weighted by Gasteiger charge is 2.27. The molecule has 1 atom stereocenters. The zero-order chi connectivity index (χ0) is 11.7. The number of rotatable bonds is 1. The normalized spacial score (nSPS) is 21.2. The van der Waals surface area contributed by atoms with E-state index in [0.29, 0.717) is 10.9 Å². The molecule has 1 heterocycles. The van der Waals surface area contributed by atoms with Gasteiger partial charge in [-0.15, -0.1) is 0 Å². The largest absolute Gasteiger partial charge is 0.372 e. The first-order valence-electron chi connectivity index (χ1n) is 4.85. The van der Waals surface area contributed by atoms with E-state index in [1.165, 1.54) is 12.1 Å². The van der Waals surface area contributed by atoms with Gasteiger partial charge in [0.25, 0.3) is 0 Å². The summed E-state index contributed by atoms with van der Waals surface area (Å²) in [5, 5.41) is 0. The summed E-state index contributed by atoms with van der Waals surface area (Å²) in [7, 11) is 0. The second-order valence-corrected chi connectivity index (χ2v) is 4.55. The highest BCUT2D eigenvalue weighted by Crippen LogP contribution is 2.31. The summed E-state index contributed by atoms with van der Waals surface area (Å²) in [5.41, 5.74) is -0.156. The van der Waals surface area contributed by atoms with Crippen LogP contribution in [0.5, 0.6) is 0 Å². The quantitative estimate of drug-likeness (QED) is 0.794. The number of benzene rings is 1. The van der Waals surface area contributed by atoms with E-state index in [1.54, 1.807) is 0 Å². The van der Waals surface area contributed by atoms with Gasteiger partial charge in [-0.05, 0) is 12.1 Å². The van der Waals surface area contributed by atoms with Gasteiger partial charge in [0.2, 0.25) is 0 Å². The van der Waals surface area contributed by atoms with E-state index in [0.717, 1.165) is 0 Å². The molecule has 0 radical (unpaired) electrons. The van der Waals surface area contributed by atoms with Crippen molar-refractivity contribution in [2.45, 2.75) is 18.9 Å². The third kappa shape index (κ3) is 2.30. The lowest BCUT2D eigenvalue weighted by molar-refractivity contribution is -0.128. The predicted octanol–water partition coefficient (Wildman–Crippen LogP) is 3.15. The van der Waals surface area contributed by atoms with Gasteiger partial charge in [0.1, 0.15) is 17.4 Å². The summed E-state index contributed by atoms with van der Waals surface area (Å²) in [4.78, 5) is 11.2. The van der Waals surface area contributed by atoms with Gasteiger partial charge in [-0.2, -0.15) is 0 Å². The van der Waals surface area contributed by atoms with Crippen molar-refractivity contribution < 1.29 is 18.3 Å². The van der Waals surface area contributed by atoms with Gasteiger partial charge in [-0.3, -0.25) is 4.79 Å². The average molecular weight is 291 g/mol. The van der Waals surface area contributed by atoms with Gasteiger partial charge < -0.3 is 4.74 Å². The van der Waals surface area contributed by atoms with E-state index in [4.69, 9.17) is 4.74 Å². The smallest absolute Gasteiger partial charge is 0.138 e. The van der Waals surface area contributed by atoms with Gasteiger partial charge in [0.15, 0.2) is 0 Å². The van der Waals surface area contributed by atoms with Gasteiger partial charge >= 0.3 is 0 Å². The summed E-state index contributed by atoms with van der Waals surface area (Å²) in [6, 6.07) is 2.34. The van der Waals surface area contributed by atoms with Crippen LogP contribution in [0.3, 0.4) is 0 Å². The van der Waals surface area contributed by atoms with E-state index in [1.807, 2.05) is 0 Å². The fourth-order valence-electron chi connectivity index (χ4n) is 1.73. The predicted molar refractivity (Wildman–Crippen MR) is 57.0 cm³/mol. The lowest BCUT2D eigenvalue weighted by Crippen LogP contribution is -2.21. The average Bonchev–Trinajstić information content (AvgIpc) is 2.15. The molecule has 1 aromatic rings. The van der Waals surface area contributed by atoms with Crippen LogP contribution in [0.15, 0.2) is 16.6 Å². The Morgan fingerprint density at radius 3 is 2.50 bits per heavy atom. The Morgan fingerprint density at radius 2 is 1.94 bits per heavy atom. The number of halogens is 3. The number of Topliss-reactive ketones (excluding diaryl/α,β-unsaturated/α-hetero) is 1. The summed E-state index contributed by atoms with van der Waals surface area (Å²) >= 11 is 3.00. The van der Waals surface area contributed by atoms with Gasteiger partial charge in [0, 0.05) is 17.3 Å². The molecular weight excluding hydrogens is 282 g/mol. The van der Waals surface area contributed by atoms with E-state index in [-0.39, 0.29) is 24.4 Å². The van der Waals surface area contributed by atoms with Crippen molar-refractivity contribution in [2.24, 2.45) is 0 Å². The van der Waals surface area contributed by atoms with Crippen LogP contribution in [0.2, 0.25) is 0 Å². The second-order valence-electron chi connectivity index (χ2n) is 3.64. The first-order valence-corrected chi connectivity index (χ1v) is 5.65. The Bertz CT molecular complexity index is 411. The number of ketones is 1. The Labute approximate surface area is 99.7 Å².